The summed E-state index contributed by atoms with van der Waals surface area (Å²) in [5.41, 5.74) is 1.27. The van der Waals surface area contributed by atoms with Gasteiger partial charge in [0, 0.05) is 6.04 Å². The molecule has 0 heterocycles. The highest BCUT2D eigenvalue weighted by Crippen LogP contribution is 2.29. The Kier molecular flexibility index (Phi) is 6.00. The molecule has 0 saturated heterocycles. The van der Waals surface area contributed by atoms with Gasteiger partial charge >= 0.3 is 0 Å². The second kappa shape index (κ2) is 7.52. The third-order valence-corrected chi connectivity index (χ3v) is 4.96. The van der Waals surface area contributed by atoms with Gasteiger partial charge in [0.15, 0.2) is 0 Å². The van der Waals surface area contributed by atoms with Crippen LogP contribution in [0.4, 0.5) is 0 Å². The van der Waals surface area contributed by atoms with Crippen LogP contribution in [0.25, 0.3) is 0 Å². The summed E-state index contributed by atoms with van der Waals surface area (Å²) in [7, 11) is 2.06. The number of hydrogen-bond donors (Lipinski definition) is 1. The van der Waals surface area contributed by atoms with Crippen LogP contribution in [0.1, 0.15) is 44.1 Å². The van der Waals surface area contributed by atoms with Gasteiger partial charge in [0.25, 0.3) is 0 Å². The topological polar surface area (TPSA) is 12.0 Å². The Bertz CT molecular complexity index is 400. The molecule has 1 atom stereocenters. The molecular weight excluding hydrogens is 277 g/mol. The van der Waals surface area contributed by atoms with Crippen molar-refractivity contribution in [2.75, 3.05) is 7.05 Å². The lowest BCUT2D eigenvalue weighted by Crippen LogP contribution is -2.30. The lowest BCUT2D eigenvalue weighted by Gasteiger charge is -2.26. The molecule has 0 amide bonds. The lowest BCUT2D eigenvalue weighted by atomic mass is 9.83. The molecular formula is C16H23Cl2N. The molecule has 1 nitrogen and oxygen atoms in total. The Hall–Kier alpha value is -0.240. The minimum atomic E-state index is 0.542. The van der Waals surface area contributed by atoms with Crippen molar-refractivity contribution < 1.29 is 0 Å². The predicted octanol–water partition coefficient (Wildman–Crippen LogP) is 5.09. The SMILES string of the molecule is CNC(Cc1ccc(Cl)c(Cl)c1)CC1CCCCC1. The minimum Gasteiger partial charge on any atom is -0.317 e. The van der Waals surface area contributed by atoms with Crippen LogP contribution in [0.2, 0.25) is 10.0 Å². The van der Waals surface area contributed by atoms with Crippen LogP contribution in [-0.2, 0) is 6.42 Å². The van der Waals surface area contributed by atoms with E-state index in [1.54, 1.807) is 0 Å². The van der Waals surface area contributed by atoms with Crippen molar-refractivity contribution in [2.24, 2.45) is 5.92 Å². The standard InChI is InChI=1S/C16H23Cl2N/c1-19-14(9-12-5-3-2-4-6-12)10-13-7-8-15(17)16(18)11-13/h7-8,11-12,14,19H,2-6,9-10H2,1H3. The number of hydrogen-bond acceptors (Lipinski definition) is 1. The summed E-state index contributed by atoms with van der Waals surface area (Å²) in [6.07, 6.45) is 9.36. The molecule has 1 aliphatic carbocycles. The molecule has 1 saturated carbocycles. The number of benzene rings is 1. The Morgan fingerprint density at radius 3 is 2.53 bits per heavy atom. The van der Waals surface area contributed by atoms with Crippen LogP contribution in [0, 0.1) is 5.92 Å². The maximum Gasteiger partial charge on any atom is 0.0595 e. The van der Waals surface area contributed by atoms with Gasteiger partial charge in [0.1, 0.15) is 0 Å². The molecule has 1 aromatic carbocycles. The van der Waals surface area contributed by atoms with Crippen molar-refractivity contribution >= 4 is 23.2 Å². The average Bonchev–Trinajstić information content (AvgIpc) is 2.43. The van der Waals surface area contributed by atoms with Gasteiger partial charge in [0.2, 0.25) is 0 Å². The first-order valence-corrected chi connectivity index (χ1v) is 8.06. The van der Waals surface area contributed by atoms with Crippen LogP contribution in [-0.4, -0.2) is 13.1 Å². The second-order valence-electron chi connectivity index (χ2n) is 5.68. The first-order chi connectivity index (χ1) is 9.19. The summed E-state index contributed by atoms with van der Waals surface area (Å²) in [4.78, 5) is 0. The van der Waals surface area contributed by atoms with E-state index < -0.39 is 0 Å². The Morgan fingerprint density at radius 2 is 1.89 bits per heavy atom. The molecule has 19 heavy (non-hydrogen) atoms. The van der Waals surface area contributed by atoms with E-state index in [-0.39, 0.29) is 0 Å². The molecule has 1 aromatic rings. The molecule has 1 unspecified atom stereocenters. The van der Waals surface area contributed by atoms with Gasteiger partial charge in [0.05, 0.1) is 10.0 Å². The van der Waals surface area contributed by atoms with E-state index in [0.717, 1.165) is 12.3 Å². The summed E-state index contributed by atoms with van der Waals surface area (Å²) < 4.78 is 0. The van der Waals surface area contributed by atoms with Gasteiger partial charge in [-0.3, -0.25) is 0 Å². The van der Waals surface area contributed by atoms with E-state index in [0.29, 0.717) is 16.1 Å². The fraction of sp³-hybridized carbons (Fsp3) is 0.625. The highest BCUT2D eigenvalue weighted by Gasteiger charge is 2.18. The van der Waals surface area contributed by atoms with Crippen molar-refractivity contribution in [3.05, 3.63) is 33.8 Å². The molecule has 1 fully saturated rings. The average molecular weight is 300 g/mol. The fourth-order valence-electron chi connectivity index (χ4n) is 3.08. The van der Waals surface area contributed by atoms with Gasteiger partial charge in [-0.2, -0.15) is 0 Å². The zero-order chi connectivity index (χ0) is 13.7. The number of nitrogens with one attached hydrogen (secondary N) is 1. The third-order valence-electron chi connectivity index (χ3n) is 4.22. The molecule has 0 radical (unpaired) electrons. The van der Waals surface area contributed by atoms with Crippen molar-refractivity contribution in [2.45, 2.75) is 51.0 Å². The minimum absolute atomic E-state index is 0.542. The molecule has 0 aliphatic heterocycles. The quantitative estimate of drug-likeness (QED) is 0.798. The van der Waals surface area contributed by atoms with Crippen molar-refractivity contribution in [1.82, 2.24) is 5.32 Å². The van der Waals surface area contributed by atoms with E-state index in [2.05, 4.69) is 18.4 Å². The molecule has 0 aromatic heterocycles. The monoisotopic (exact) mass is 299 g/mol. The molecule has 1 N–H and O–H groups in total. The molecule has 3 heteroatoms. The van der Waals surface area contributed by atoms with Crippen LogP contribution in [0.15, 0.2) is 18.2 Å². The van der Waals surface area contributed by atoms with Crippen molar-refractivity contribution in [3.8, 4) is 0 Å². The first-order valence-electron chi connectivity index (χ1n) is 7.30. The van der Waals surface area contributed by atoms with E-state index in [1.165, 1.54) is 44.1 Å². The maximum atomic E-state index is 6.08. The molecule has 106 valence electrons. The predicted molar refractivity (Wildman–Crippen MR) is 84.2 cm³/mol. The van der Waals surface area contributed by atoms with Crippen molar-refractivity contribution in [1.29, 1.82) is 0 Å². The molecule has 0 spiro atoms. The van der Waals surface area contributed by atoms with Crippen LogP contribution in [0.5, 0.6) is 0 Å². The summed E-state index contributed by atoms with van der Waals surface area (Å²) in [5.74, 6) is 0.897. The van der Waals surface area contributed by atoms with Gasteiger partial charge < -0.3 is 5.32 Å². The summed E-state index contributed by atoms with van der Waals surface area (Å²) >= 11 is 12.0. The largest absolute Gasteiger partial charge is 0.317 e. The Morgan fingerprint density at radius 1 is 1.16 bits per heavy atom. The van der Waals surface area contributed by atoms with E-state index >= 15 is 0 Å². The number of rotatable bonds is 5. The normalized spacial score (nSPS) is 18.5. The van der Waals surface area contributed by atoms with E-state index in [9.17, 15) is 0 Å². The van der Waals surface area contributed by atoms with Gasteiger partial charge in [-0.1, -0.05) is 61.4 Å². The van der Waals surface area contributed by atoms with Gasteiger partial charge in [-0.05, 0) is 43.5 Å². The highest BCUT2D eigenvalue weighted by atomic mass is 35.5. The molecule has 0 bridgehead atoms. The Balaban J connectivity index is 1.92. The summed E-state index contributed by atoms with van der Waals surface area (Å²) in [6.45, 7) is 0. The first kappa shape index (κ1) is 15.2. The zero-order valence-corrected chi connectivity index (χ0v) is 13.1. The summed E-state index contributed by atoms with van der Waals surface area (Å²) in [6, 6.07) is 6.52. The number of likely N-dealkylation sites (N-methyl/N-ethyl adjacent to an activating group) is 1. The lowest BCUT2D eigenvalue weighted by molar-refractivity contribution is 0.302. The third kappa shape index (κ3) is 4.66. The van der Waals surface area contributed by atoms with Gasteiger partial charge in [-0.15, -0.1) is 0 Å². The van der Waals surface area contributed by atoms with Crippen LogP contribution < -0.4 is 5.32 Å². The van der Waals surface area contributed by atoms with E-state index in [4.69, 9.17) is 23.2 Å². The number of halogens is 2. The van der Waals surface area contributed by atoms with Crippen LogP contribution >= 0.6 is 23.2 Å². The van der Waals surface area contributed by atoms with Crippen LogP contribution in [0.3, 0.4) is 0 Å². The zero-order valence-electron chi connectivity index (χ0n) is 11.6. The summed E-state index contributed by atoms with van der Waals surface area (Å²) in [5, 5.41) is 4.75. The highest BCUT2D eigenvalue weighted by molar-refractivity contribution is 6.42. The van der Waals surface area contributed by atoms with Crippen molar-refractivity contribution in [3.63, 3.8) is 0 Å². The maximum absolute atomic E-state index is 6.08. The van der Waals surface area contributed by atoms with Gasteiger partial charge in [-0.25, -0.2) is 0 Å². The smallest absolute Gasteiger partial charge is 0.0595 e. The molecule has 1 aliphatic rings. The second-order valence-corrected chi connectivity index (χ2v) is 6.49. The van der Waals surface area contributed by atoms with E-state index in [1.807, 2.05) is 12.1 Å². The Labute approximate surface area is 126 Å². The fourth-order valence-corrected chi connectivity index (χ4v) is 3.40. The molecule has 2 rings (SSSR count).